The van der Waals surface area contributed by atoms with E-state index < -0.39 is 6.10 Å². The van der Waals surface area contributed by atoms with E-state index in [1.807, 2.05) is 6.92 Å². The van der Waals surface area contributed by atoms with Crippen molar-refractivity contribution in [1.82, 2.24) is 0 Å². The molecule has 10 heavy (non-hydrogen) atoms. The number of rotatable bonds is 4. The molecule has 1 N–H and O–H groups in total. The van der Waals surface area contributed by atoms with Gasteiger partial charge < -0.3 is 5.11 Å². The van der Waals surface area contributed by atoms with E-state index in [-0.39, 0.29) is 0 Å². The maximum Gasteiger partial charge on any atom is 0.0721 e. The topological polar surface area (TPSA) is 20.2 Å². The Hall–Kier alpha value is -0.740. The second-order valence-corrected chi connectivity index (χ2v) is 2.55. The third-order valence-corrected chi connectivity index (χ3v) is 1.38. The van der Waals surface area contributed by atoms with Crippen LogP contribution in [-0.2, 0) is 0 Å². The molecule has 0 amide bonds. The van der Waals surface area contributed by atoms with Crippen molar-refractivity contribution in [2.24, 2.45) is 5.92 Å². The van der Waals surface area contributed by atoms with E-state index in [1.54, 1.807) is 0 Å². The Morgan fingerprint density at radius 1 is 1.80 bits per heavy atom. The molecule has 0 aromatic carbocycles. The van der Waals surface area contributed by atoms with Crippen LogP contribution in [0.25, 0.3) is 0 Å². The molecule has 0 aliphatic rings. The molecule has 0 radical (unpaired) electrons. The van der Waals surface area contributed by atoms with Crippen LogP contribution in [0.5, 0.6) is 0 Å². The van der Waals surface area contributed by atoms with Crippen molar-refractivity contribution in [2.75, 3.05) is 0 Å². The SMILES string of the molecule is C#CCC(C)C[C@H](O)C=C. The molecule has 0 saturated carbocycles. The fourth-order valence-electron chi connectivity index (χ4n) is 0.793. The minimum absolute atomic E-state index is 0.387. The molecule has 1 heteroatoms. The highest BCUT2D eigenvalue weighted by molar-refractivity contribution is 4.88. The second-order valence-electron chi connectivity index (χ2n) is 2.55. The summed E-state index contributed by atoms with van der Waals surface area (Å²) in [5.74, 6) is 2.94. The maximum absolute atomic E-state index is 9.07. The predicted molar refractivity (Wildman–Crippen MR) is 43.4 cm³/mol. The lowest BCUT2D eigenvalue weighted by atomic mass is 10.0. The lowest BCUT2D eigenvalue weighted by Gasteiger charge is -2.09. The van der Waals surface area contributed by atoms with Gasteiger partial charge in [0, 0.05) is 6.42 Å². The normalized spacial score (nSPS) is 15.3. The van der Waals surface area contributed by atoms with Crippen LogP contribution in [0.4, 0.5) is 0 Å². The third kappa shape index (κ3) is 4.17. The lowest BCUT2D eigenvalue weighted by Crippen LogP contribution is -2.07. The third-order valence-electron chi connectivity index (χ3n) is 1.38. The summed E-state index contributed by atoms with van der Waals surface area (Å²) in [5.41, 5.74) is 0. The Morgan fingerprint density at radius 3 is 2.80 bits per heavy atom. The first kappa shape index (κ1) is 9.26. The monoisotopic (exact) mass is 138 g/mol. The molecule has 56 valence electrons. The fourth-order valence-corrected chi connectivity index (χ4v) is 0.793. The maximum atomic E-state index is 9.07. The van der Waals surface area contributed by atoms with Gasteiger partial charge >= 0.3 is 0 Å². The average molecular weight is 138 g/mol. The smallest absolute Gasteiger partial charge is 0.0721 e. The van der Waals surface area contributed by atoms with Crippen molar-refractivity contribution in [3.05, 3.63) is 12.7 Å². The van der Waals surface area contributed by atoms with E-state index in [0.29, 0.717) is 12.3 Å². The molecular formula is C9H14O. The Balaban J connectivity index is 3.48. The molecule has 2 atom stereocenters. The van der Waals surface area contributed by atoms with Crippen LogP contribution < -0.4 is 0 Å². The van der Waals surface area contributed by atoms with Gasteiger partial charge in [0.1, 0.15) is 0 Å². The molecule has 0 aromatic rings. The molecule has 0 aliphatic carbocycles. The molecule has 1 nitrogen and oxygen atoms in total. The van der Waals surface area contributed by atoms with E-state index >= 15 is 0 Å². The minimum Gasteiger partial charge on any atom is -0.389 e. The molecule has 0 aromatic heterocycles. The van der Waals surface area contributed by atoms with Crippen molar-refractivity contribution >= 4 is 0 Å². The highest BCUT2D eigenvalue weighted by Crippen LogP contribution is 2.09. The molecule has 0 fully saturated rings. The quantitative estimate of drug-likeness (QED) is 0.462. The van der Waals surface area contributed by atoms with Crippen molar-refractivity contribution in [3.8, 4) is 12.3 Å². The lowest BCUT2D eigenvalue weighted by molar-refractivity contribution is 0.192. The van der Waals surface area contributed by atoms with Crippen LogP contribution in [0.1, 0.15) is 19.8 Å². The van der Waals surface area contributed by atoms with Gasteiger partial charge in [0.15, 0.2) is 0 Å². The molecular weight excluding hydrogens is 124 g/mol. The van der Waals surface area contributed by atoms with Gasteiger partial charge in [0.25, 0.3) is 0 Å². The number of hydrogen-bond donors (Lipinski definition) is 1. The van der Waals surface area contributed by atoms with Gasteiger partial charge in [0.2, 0.25) is 0 Å². The van der Waals surface area contributed by atoms with E-state index in [9.17, 15) is 0 Å². The largest absolute Gasteiger partial charge is 0.389 e. The first-order valence-corrected chi connectivity index (χ1v) is 3.44. The summed E-state index contributed by atoms with van der Waals surface area (Å²) in [6.07, 6.45) is 7.67. The van der Waals surface area contributed by atoms with Gasteiger partial charge in [-0.2, -0.15) is 0 Å². The van der Waals surface area contributed by atoms with Crippen molar-refractivity contribution in [3.63, 3.8) is 0 Å². The van der Waals surface area contributed by atoms with Gasteiger partial charge in [0.05, 0.1) is 6.10 Å². The Morgan fingerprint density at radius 2 is 2.40 bits per heavy atom. The summed E-state index contributed by atoms with van der Waals surface area (Å²) in [6.45, 7) is 5.49. The zero-order valence-corrected chi connectivity index (χ0v) is 6.38. The fraction of sp³-hybridized carbons (Fsp3) is 0.556. The summed E-state index contributed by atoms with van der Waals surface area (Å²) in [7, 11) is 0. The van der Waals surface area contributed by atoms with E-state index in [1.165, 1.54) is 6.08 Å². The number of terminal acetylenes is 1. The van der Waals surface area contributed by atoms with Gasteiger partial charge in [-0.15, -0.1) is 18.9 Å². The number of aliphatic hydroxyl groups excluding tert-OH is 1. The summed E-state index contributed by atoms with van der Waals surface area (Å²) < 4.78 is 0. The molecule has 0 aliphatic heterocycles. The minimum atomic E-state index is -0.400. The summed E-state index contributed by atoms with van der Waals surface area (Å²) in [5, 5.41) is 9.07. The van der Waals surface area contributed by atoms with E-state index in [0.717, 1.165) is 6.42 Å². The highest BCUT2D eigenvalue weighted by atomic mass is 16.3. The first-order chi connectivity index (χ1) is 4.70. The van der Waals surface area contributed by atoms with Gasteiger partial charge in [-0.1, -0.05) is 13.0 Å². The van der Waals surface area contributed by atoms with Crippen molar-refractivity contribution in [2.45, 2.75) is 25.9 Å². The van der Waals surface area contributed by atoms with Crippen LogP contribution in [0, 0.1) is 18.3 Å². The standard InChI is InChI=1S/C9H14O/c1-4-6-8(3)7-9(10)5-2/h1,5,8-10H,2,6-7H2,3H3/t8?,9-/m1/s1. The molecule has 1 unspecified atom stereocenters. The van der Waals surface area contributed by atoms with Crippen LogP contribution in [0.3, 0.4) is 0 Å². The zero-order valence-electron chi connectivity index (χ0n) is 6.38. The van der Waals surface area contributed by atoms with E-state index in [4.69, 9.17) is 11.5 Å². The molecule has 0 rings (SSSR count). The van der Waals surface area contributed by atoms with Crippen molar-refractivity contribution in [1.29, 1.82) is 0 Å². The van der Waals surface area contributed by atoms with Crippen LogP contribution in [0.2, 0.25) is 0 Å². The molecule has 0 heterocycles. The highest BCUT2D eigenvalue weighted by Gasteiger charge is 2.04. The van der Waals surface area contributed by atoms with E-state index in [2.05, 4.69) is 12.5 Å². The van der Waals surface area contributed by atoms with Crippen LogP contribution in [0.15, 0.2) is 12.7 Å². The predicted octanol–water partition coefficient (Wildman–Crippen LogP) is 1.58. The van der Waals surface area contributed by atoms with Crippen LogP contribution >= 0.6 is 0 Å². The number of aliphatic hydroxyl groups is 1. The van der Waals surface area contributed by atoms with Gasteiger partial charge in [-0.25, -0.2) is 0 Å². The van der Waals surface area contributed by atoms with Gasteiger partial charge in [-0.3, -0.25) is 0 Å². The Kier molecular flexibility index (Phi) is 4.70. The molecule has 0 saturated heterocycles. The number of hydrogen-bond acceptors (Lipinski definition) is 1. The first-order valence-electron chi connectivity index (χ1n) is 3.44. The zero-order chi connectivity index (χ0) is 7.98. The Bertz CT molecular complexity index is 132. The van der Waals surface area contributed by atoms with Gasteiger partial charge in [-0.05, 0) is 12.3 Å². The molecule has 0 spiro atoms. The Labute approximate surface area is 62.8 Å². The summed E-state index contributed by atoms with van der Waals surface area (Å²) in [6, 6.07) is 0. The van der Waals surface area contributed by atoms with Crippen LogP contribution in [-0.4, -0.2) is 11.2 Å². The second kappa shape index (κ2) is 5.08. The summed E-state index contributed by atoms with van der Waals surface area (Å²) >= 11 is 0. The average Bonchev–Trinajstić information content (AvgIpc) is 1.88. The summed E-state index contributed by atoms with van der Waals surface area (Å²) in [4.78, 5) is 0. The van der Waals surface area contributed by atoms with Crippen molar-refractivity contribution < 1.29 is 5.11 Å². The molecule has 0 bridgehead atoms.